The normalized spacial score (nSPS) is 18.2. The van der Waals surface area contributed by atoms with Crippen molar-refractivity contribution in [1.29, 1.82) is 0 Å². The molecular weight excluding hydrogens is 304 g/mol. The summed E-state index contributed by atoms with van der Waals surface area (Å²) >= 11 is 1.31. The molecule has 114 valence electrons. The molecule has 0 saturated carbocycles. The van der Waals surface area contributed by atoms with Crippen LogP contribution in [0.2, 0.25) is 0 Å². The summed E-state index contributed by atoms with van der Waals surface area (Å²) < 4.78 is 5.12. The molecule has 2 heterocycles. The highest BCUT2D eigenvalue weighted by Gasteiger charge is 2.30. The number of aliphatic carboxylic acids is 1. The molecule has 1 atom stereocenters. The van der Waals surface area contributed by atoms with Crippen LogP contribution in [0, 0.1) is 0 Å². The van der Waals surface area contributed by atoms with Gasteiger partial charge >= 0.3 is 5.97 Å². The molecular formula is C15H14N2O4S. The Hall–Kier alpha value is -2.25. The van der Waals surface area contributed by atoms with Crippen LogP contribution in [0.3, 0.4) is 0 Å². The second kappa shape index (κ2) is 6.25. The first kappa shape index (κ1) is 14.7. The van der Waals surface area contributed by atoms with Gasteiger partial charge in [-0.2, -0.15) is 0 Å². The van der Waals surface area contributed by atoms with Crippen LogP contribution in [-0.2, 0) is 9.53 Å². The number of hydrogen-bond donors (Lipinski definition) is 1. The molecule has 7 heteroatoms. The summed E-state index contributed by atoms with van der Waals surface area (Å²) in [4.78, 5) is 29.7. The van der Waals surface area contributed by atoms with Crippen LogP contribution in [0.25, 0.3) is 10.6 Å². The van der Waals surface area contributed by atoms with Gasteiger partial charge in [-0.1, -0.05) is 30.3 Å². The molecule has 0 bridgehead atoms. The number of rotatable bonds is 3. The molecule has 1 saturated heterocycles. The zero-order chi connectivity index (χ0) is 15.5. The first-order valence-corrected chi connectivity index (χ1v) is 7.62. The Morgan fingerprint density at radius 2 is 2.09 bits per heavy atom. The Bertz CT molecular complexity index is 686. The third-order valence-corrected chi connectivity index (χ3v) is 4.40. The van der Waals surface area contributed by atoms with Crippen molar-refractivity contribution in [3.8, 4) is 10.6 Å². The van der Waals surface area contributed by atoms with Crippen LogP contribution in [0.4, 0.5) is 0 Å². The molecule has 0 spiro atoms. The standard InChI is InChI=1S/C15H14N2O4S/c18-14(17-6-7-21-11(9-17)15(19)20)12-8-16-13(22-12)10-4-2-1-3-5-10/h1-5,8,11H,6-7,9H2,(H,19,20)/t11-/m0/s1. The van der Waals surface area contributed by atoms with E-state index in [0.29, 0.717) is 11.4 Å². The van der Waals surface area contributed by atoms with E-state index in [9.17, 15) is 9.59 Å². The number of aromatic nitrogens is 1. The van der Waals surface area contributed by atoms with Crippen molar-refractivity contribution in [3.05, 3.63) is 41.4 Å². The fourth-order valence-electron chi connectivity index (χ4n) is 2.23. The Kier molecular flexibility index (Phi) is 4.17. The van der Waals surface area contributed by atoms with E-state index in [1.54, 1.807) is 6.20 Å². The summed E-state index contributed by atoms with van der Waals surface area (Å²) in [6.45, 7) is 0.682. The van der Waals surface area contributed by atoms with E-state index in [1.807, 2.05) is 30.3 Å². The smallest absolute Gasteiger partial charge is 0.334 e. The molecule has 0 aliphatic carbocycles. The minimum absolute atomic E-state index is 0.0622. The number of amides is 1. The van der Waals surface area contributed by atoms with Crippen LogP contribution < -0.4 is 0 Å². The Morgan fingerprint density at radius 3 is 2.82 bits per heavy atom. The van der Waals surface area contributed by atoms with E-state index in [4.69, 9.17) is 9.84 Å². The van der Waals surface area contributed by atoms with E-state index >= 15 is 0 Å². The molecule has 6 nitrogen and oxygen atoms in total. The topological polar surface area (TPSA) is 79.7 Å². The van der Waals surface area contributed by atoms with Crippen LogP contribution >= 0.6 is 11.3 Å². The van der Waals surface area contributed by atoms with Crippen molar-refractivity contribution in [2.75, 3.05) is 19.7 Å². The molecule has 3 rings (SSSR count). The zero-order valence-corrected chi connectivity index (χ0v) is 12.5. The highest BCUT2D eigenvalue weighted by molar-refractivity contribution is 7.16. The first-order chi connectivity index (χ1) is 10.6. The van der Waals surface area contributed by atoms with Crippen LogP contribution in [0.5, 0.6) is 0 Å². The molecule has 0 unspecified atom stereocenters. The fraction of sp³-hybridized carbons (Fsp3) is 0.267. The lowest BCUT2D eigenvalue weighted by molar-refractivity contribution is -0.154. The number of carbonyl (C=O) groups excluding carboxylic acids is 1. The Labute approximate surface area is 131 Å². The predicted molar refractivity (Wildman–Crippen MR) is 80.8 cm³/mol. The number of carboxylic acid groups (broad SMARTS) is 1. The summed E-state index contributed by atoms with van der Waals surface area (Å²) in [6, 6.07) is 9.61. The minimum atomic E-state index is -1.05. The highest BCUT2D eigenvalue weighted by atomic mass is 32.1. The van der Waals surface area contributed by atoms with Gasteiger partial charge in [0, 0.05) is 12.1 Å². The molecule has 1 aromatic heterocycles. The average Bonchev–Trinajstić information content (AvgIpc) is 3.05. The van der Waals surface area contributed by atoms with Crippen molar-refractivity contribution in [2.45, 2.75) is 6.10 Å². The third kappa shape index (κ3) is 3.00. The van der Waals surface area contributed by atoms with Gasteiger partial charge in [-0.3, -0.25) is 4.79 Å². The molecule has 1 aromatic carbocycles. The minimum Gasteiger partial charge on any atom is -0.479 e. The largest absolute Gasteiger partial charge is 0.479 e. The summed E-state index contributed by atoms with van der Waals surface area (Å²) in [6.07, 6.45) is 0.583. The first-order valence-electron chi connectivity index (χ1n) is 6.80. The number of carbonyl (C=O) groups is 2. The van der Waals surface area contributed by atoms with E-state index in [2.05, 4.69) is 4.98 Å². The molecule has 1 aliphatic heterocycles. The van der Waals surface area contributed by atoms with Gasteiger partial charge in [0.2, 0.25) is 0 Å². The van der Waals surface area contributed by atoms with Crippen molar-refractivity contribution in [1.82, 2.24) is 9.88 Å². The maximum Gasteiger partial charge on any atom is 0.334 e. The maximum absolute atomic E-state index is 12.5. The van der Waals surface area contributed by atoms with Gasteiger partial charge in [-0.25, -0.2) is 9.78 Å². The maximum atomic E-state index is 12.5. The van der Waals surface area contributed by atoms with Gasteiger partial charge in [-0.05, 0) is 0 Å². The number of hydrogen-bond acceptors (Lipinski definition) is 5. The number of ether oxygens (including phenoxy) is 1. The van der Waals surface area contributed by atoms with Crippen molar-refractivity contribution in [2.24, 2.45) is 0 Å². The summed E-state index contributed by atoms with van der Waals surface area (Å²) in [5.74, 6) is -1.25. The molecule has 2 aromatic rings. The number of benzene rings is 1. The van der Waals surface area contributed by atoms with Gasteiger partial charge in [0.1, 0.15) is 9.88 Å². The second-order valence-electron chi connectivity index (χ2n) is 4.84. The van der Waals surface area contributed by atoms with E-state index < -0.39 is 12.1 Å². The molecule has 1 aliphatic rings. The Morgan fingerprint density at radius 1 is 1.32 bits per heavy atom. The average molecular weight is 318 g/mol. The van der Waals surface area contributed by atoms with Crippen LogP contribution in [0.1, 0.15) is 9.67 Å². The molecule has 22 heavy (non-hydrogen) atoms. The predicted octanol–water partition coefficient (Wildman–Crippen LogP) is 1.74. The van der Waals surface area contributed by atoms with E-state index in [1.165, 1.54) is 16.2 Å². The number of thiazole rings is 1. The number of nitrogens with zero attached hydrogens (tertiary/aromatic N) is 2. The van der Waals surface area contributed by atoms with Crippen LogP contribution in [0.15, 0.2) is 36.5 Å². The Balaban J connectivity index is 1.76. The van der Waals surface area contributed by atoms with E-state index in [-0.39, 0.29) is 19.1 Å². The lowest BCUT2D eigenvalue weighted by Crippen LogP contribution is -2.48. The molecule has 0 radical (unpaired) electrons. The van der Waals surface area contributed by atoms with Crippen molar-refractivity contribution in [3.63, 3.8) is 0 Å². The lowest BCUT2D eigenvalue weighted by Gasteiger charge is -2.30. The third-order valence-electron chi connectivity index (χ3n) is 3.37. The van der Waals surface area contributed by atoms with Gasteiger partial charge in [-0.15, -0.1) is 11.3 Å². The lowest BCUT2D eigenvalue weighted by atomic mass is 10.2. The summed E-state index contributed by atoms with van der Waals surface area (Å²) in [5, 5.41) is 9.76. The molecule has 1 N–H and O–H groups in total. The number of carboxylic acids is 1. The fourth-order valence-corrected chi connectivity index (χ4v) is 3.12. The zero-order valence-electron chi connectivity index (χ0n) is 11.6. The van der Waals surface area contributed by atoms with Crippen molar-refractivity contribution >= 4 is 23.2 Å². The summed E-state index contributed by atoms with van der Waals surface area (Å²) in [5.41, 5.74) is 0.955. The molecule has 1 amide bonds. The molecule has 1 fully saturated rings. The van der Waals surface area contributed by atoms with Gasteiger partial charge < -0.3 is 14.7 Å². The van der Waals surface area contributed by atoms with Crippen molar-refractivity contribution < 1.29 is 19.4 Å². The van der Waals surface area contributed by atoms with Gasteiger partial charge in [0.15, 0.2) is 6.10 Å². The summed E-state index contributed by atoms with van der Waals surface area (Å²) in [7, 11) is 0. The monoisotopic (exact) mass is 318 g/mol. The van der Waals surface area contributed by atoms with E-state index in [0.717, 1.165) is 10.6 Å². The quantitative estimate of drug-likeness (QED) is 0.932. The number of morpholine rings is 1. The second-order valence-corrected chi connectivity index (χ2v) is 5.88. The highest BCUT2D eigenvalue weighted by Crippen LogP contribution is 2.26. The van der Waals surface area contributed by atoms with Gasteiger partial charge in [0.05, 0.1) is 19.3 Å². The van der Waals surface area contributed by atoms with Gasteiger partial charge in [0.25, 0.3) is 5.91 Å². The van der Waals surface area contributed by atoms with Crippen LogP contribution in [-0.4, -0.2) is 52.7 Å². The SMILES string of the molecule is O=C(O)[C@@H]1CN(C(=O)c2cnc(-c3ccccc3)s2)CCO1.